The second-order valence-electron chi connectivity index (χ2n) is 8.86. The van der Waals surface area contributed by atoms with Crippen molar-refractivity contribution in [1.29, 1.82) is 0 Å². The maximum Gasteiger partial charge on any atom is 0.256 e. The number of carbonyl (C=O) groups excluding carboxylic acids is 1. The highest BCUT2D eigenvalue weighted by Crippen LogP contribution is 2.31. The standard InChI is InChI=1S/C23H26F2N4O3S/c1-15(2)13-33(31,32)27-21-12-28(7-5-19(21)16-8-17(24)10-18(25)9-16)23(30)20-4-3-6-29-14-26-11-22(20)29/h3-4,6,8-11,14-15,19,21,27H,5,7,12-13H2,1-2H3/t19-,21+/m0/s1. The number of nitrogens with one attached hydrogen (secondary N) is 1. The fourth-order valence-corrected chi connectivity index (χ4v) is 6.14. The Labute approximate surface area is 191 Å². The molecule has 3 heterocycles. The number of sulfonamides is 1. The van der Waals surface area contributed by atoms with Crippen LogP contribution in [0.3, 0.4) is 0 Å². The van der Waals surface area contributed by atoms with Crippen molar-refractivity contribution in [2.45, 2.75) is 32.2 Å². The van der Waals surface area contributed by atoms with Crippen LogP contribution in [-0.4, -0.2) is 53.5 Å². The second-order valence-corrected chi connectivity index (χ2v) is 10.7. The van der Waals surface area contributed by atoms with E-state index in [0.29, 0.717) is 29.6 Å². The van der Waals surface area contributed by atoms with Gasteiger partial charge in [0.2, 0.25) is 10.0 Å². The lowest BCUT2D eigenvalue weighted by Gasteiger charge is -2.39. The molecular weight excluding hydrogens is 450 g/mol. The third-order valence-corrected chi connectivity index (χ3v) is 7.55. The van der Waals surface area contributed by atoms with Gasteiger partial charge in [-0.05, 0) is 42.2 Å². The van der Waals surface area contributed by atoms with E-state index in [1.165, 1.54) is 12.1 Å². The number of rotatable bonds is 6. The van der Waals surface area contributed by atoms with Gasteiger partial charge in [0.25, 0.3) is 5.91 Å². The number of fused-ring (bicyclic) bond motifs is 1. The molecule has 1 N–H and O–H groups in total. The van der Waals surface area contributed by atoms with Gasteiger partial charge in [-0.3, -0.25) is 4.79 Å². The lowest BCUT2D eigenvalue weighted by atomic mass is 9.85. The zero-order valence-electron chi connectivity index (χ0n) is 18.4. The fraction of sp³-hybridized carbons (Fsp3) is 0.391. The number of hydrogen-bond acceptors (Lipinski definition) is 4. The van der Waals surface area contributed by atoms with Crippen LogP contribution in [0.1, 0.15) is 42.1 Å². The van der Waals surface area contributed by atoms with Crippen molar-refractivity contribution in [2.75, 3.05) is 18.8 Å². The number of pyridine rings is 1. The van der Waals surface area contributed by atoms with Crippen molar-refractivity contribution >= 4 is 21.4 Å². The van der Waals surface area contributed by atoms with Gasteiger partial charge in [0.05, 0.1) is 29.4 Å². The van der Waals surface area contributed by atoms with E-state index in [-0.39, 0.29) is 24.1 Å². The summed E-state index contributed by atoms with van der Waals surface area (Å²) in [5, 5.41) is 0. The molecule has 0 aliphatic carbocycles. The molecule has 2 aromatic heterocycles. The van der Waals surface area contributed by atoms with Crippen LogP contribution in [0.25, 0.3) is 5.52 Å². The molecule has 1 saturated heterocycles. The molecule has 176 valence electrons. The number of hydrogen-bond donors (Lipinski definition) is 1. The summed E-state index contributed by atoms with van der Waals surface area (Å²) in [6, 6.07) is 5.95. The highest BCUT2D eigenvalue weighted by molar-refractivity contribution is 7.89. The maximum atomic E-state index is 13.9. The van der Waals surface area contributed by atoms with Gasteiger partial charge in [0, 0.05) is 37.3 Å². The van der Waals surface area contributed by atoms with Gasteiger partial charge in [-0.25, -0.2) is 26.9 Å². The number of benzene rings is 1. The Morgan fingerprint density at radius 2 is 1.97 bits per heavy atom. The van der Waals surface area contributed by atoms with E-state index in [4.69, 9.17) is 0 Å². The van der Waals surface area contributed by atoms with Gasteiger partial charge >= 0.3 is 0 Å². The summed E-state index contributed by atoms with van der Waals surface area (Å²) in [4.78, 5) is 19.0. The predicted molar refractivity (Wildman–Crippen MR) is 120 cm³/mol. The molecule has 0 bridgehead atoms. The Morgan fingerprint density at radius 3 is 2.67 bits per heavy atom. The fourth-order valence-electron chi connectivity index (χ4n) is 4.46. The highest BCUT2D eigenvalue weighted by atomic mass is 32.2. The van der Waals surface area contributed by atoms with E-state index in [1.54, 1.807) is 54.0 Å². The van der Waals surface area contributed by atoms with Gasteiger partial charge in [0.15, 0.2) is 0 Å². The van der Waals surface area contributed by atoms with Crippen LogP contribution in [0.15, 0.2) is 49.1 Å². The smallest absolute Gasteiger partial charge is 0.256 e. The van der Waals surface area contributed by atoms with Crippen LogP contribution in [-0.2, 0) is 10.0 Å². The minimum atomic E-state index is -3.67. The Hall–Kier alpha value is -2.85. The molecule has 0 saturated carbocycles. The van der Waals surface area contributed by atoms with Crippen LogP contribution < -0.4 is 4.72 Å². The van der Waals surface area contributed by atoms with Crippen LogP contribution in [0.2, 0.25) is 0 Å². The first-order chi connectivity index (χ1) is 15.6. The molecule has 1 amide bonds. The summed E-state index contributed by atoms with van der Waals surface area (Å²) >= 11 is 0. The molecule has 0 radical (unpaired) electrons. The van der Waals surface area contributed by atoms with Gasteiger partial charge in [-0.15, -0.1) is 0 Å². The average molecular weight is 477 g/mol. The number of nitrogens with zero attached hydrogens (tertiary/aromatic N) is 3. The Bertz CT molecular complexity index is 1260. The van der Waals surface area contributed by atoms with Gasteiger partial charge in [-0.1, -0.05) is 13.8 Å². The quantitative estimate of drug-likeness (QED) is 0.592. The molecule has 3 aromatic rings. The number of piperidine rings is 1. The Morgan fingerprint density at radius 1 is 1.24 bits per heavy atom. The second kappa shape index (κ2) is 9.18. The van der Waals surface area contributed by atoms with Gasteiger partial charge < -0.3 is 9.30 Å². The summed E-state index contributed by atoms with van der Waals surface area (Å²) in [6.45, 7) is 3.98. The van der Waals surface area contributed by atoms with Crippen molar-refractivity contribution in [3.8, 4) is 0 Å². The predicted octanol–water partition coefficient (Wildman–Crippen LogP) is 3.19. The minimum absolute atomic E-state index is 0.0775. The van der Waals surface area contributed by atoms with E-state index >= 15 is 0 Å². The molecule has 0 spiro atoms. The molecule has 2 atom stereocenters. The van der Waals surface area contributed by atoms with Crippen molar-refractivity contribution in [3.05, 3.63) is 71.8 Å². The molecule has 33 heavy (non-hydrogen) atoms. The first-order valence-electron chi connectivity index (χ1n) is 10.8. The normalized spacial score (nSPS) is 19.4. The first kappa shape index (κ1) is 23.3. The van der Waals surface area contributed by atoms with Crippen molar-refractivity contribution in [1.82, 2.24) is 19.0 Å². The summed E-state index contributed by atoms with van der Waals surface area (Å²) < 4.78 is 57.7. The molecule has 4 rings (SSSR count). The number of carbonyl (C=O) groups is 1. The summed E-state index contributed by atoms with van der Waals surface area (Å²) in [5.74, 6) is -2.37. The number of imidazole rings is 1. The third kappa shape index (κ3) is 5.22. The van der Waals surface area contributed by atoms with Crippen LogP contribution >= 0.6 is 0 Å². The molecule has 1 aliphatic heterocycles. The van der Waals surface area contributed by atoms with E-state index in [9.17, 15) is 22.0 Å². The number of amides is 1. The van der Waals surface area contributed by atoms with Crippen molar-refractivity contribution < 1.29 is 22.0 Å². The number of halogens is 2. The summed E-state index contributed by atoms with van der Waals surface area (Å²) in [5.41, 5.74) is 1.47. The third-order valence-electron chi connectivity index (χ3n) is 5.78. The molecule has 1 aliphatic rings. The van der Waals surface area contributed by atoms with E-state index in [2.05, 4.69) is 9.71 Å². The number of aromatic nitrogens is 2. The first-order valence-corrected chi connectivity index (χ1v) is 12.4. The zero-order chi connectivity index (χ0) is 23.8. The Kier molecular flexibility index (Phi) is 6.49. The van der Waals surface area contributed by atoms with Crippen LogP contribution in [0.5, 0.6) is 0 Å². The van der Waals surface area contributed by atoms with E-state index < -0.39 is 33.6 Å². The van der Waals surface area contributed by atoms with E-state index in [0.717, 1.165) is 6.07 Å². The average Bonchev–Trinajstić information content (AvgIpc) is 3.20. The topological polar surface area (TPSA) is 83.8 Å². The monoisotopic (exact) mass is 476 g/mol. The number of likely N-dealkylation sites (tertiary alicyclic amines) is 1. The summed E-state index contributed by atoms with van der Waals surface area (Å²) in [7, 11) is -3.67. The van der Waals surface area contributed by atoms with Gasteiger partial charge in [0.1, 0.15) is 11.6 Å². The van der Waals surface area contributed by atoms with Gasteiger partial charge in [-0.2, -0.15) is 0 Å². The van der Waals surface area contributed by atoms with E-state index in [1.807, 2.05) is 0 Å². The zero-order valence-corrected chi connectivity index (χ0v) is 19.2. The molecular formula is C23H26F2N4O3S. The van der Waals surface area contributed by atoms with Crippen molar-refractivity contribution in [2.24, 2.45) is 5.92 Å². The van der Waals surface area contributed by atoms with Crippen LogP contribution in [0.4, 0.5) is 8.78 Å². The maximum absolute atomic E-state index is 13.9. The molecule has 10 heteroatoms. The molecule has 1 fully saturated rings. The molecule has 0 unspecified atom stereocenters. The molecule has 7 nitrogen and oxygen atoms in total. The lowest BCUT2D eigenvalue weighted by molar-refractivity contribution is 0.0688. The SMILES string of the molecule is CC(C)CS(=O)(=O)N[C@@H]1CN(C(=O)c2cccn3cncc23)CC[C@H]1c1cc(F)cc(F)c1. The highest BCUT2D eigenvalue weighted by Gasteiger charge is 2.36. The molecule has 1 aromatic carbocycles. The largest absolute Gasteiger partial charge is 0.337 e. The minimum Gasteiger partial charge on any atom is -0.337 e. The van der Waals surface area contributed by atoms with Crippen molar-refractivity contribution in [3.63, 3.8) is 0 Å². The summed E-state index contributed by atoms with van der Waals surface area (Å²) in [6.07, 6.45) is 5.33. The van der Waals surface area contributed by atoms with Crippen LogP contribution in [0, 0.1) is 17.6 Å². The lowest BCUT2D eigenvalue weighted by Crippen LogP contribution is -2.53. The Balaban J connectivity index is 1.65.